The number of carbonyl (C=O) groups is 1. The Morgan fingerprint density at radius 3 is 2.35 bits per heavy atom. The first-order chi connectivity index (χ1) is 14.9. The summed E-state index contributed by atoms with van der Waals surface area (Å²) in [5.41, 5.74) is 4.47. The number of carbonyl (C=O) groups excluding carboxylic acids is 1. The van der Waals surface area contributed by atoms with Gasteiger partial charge in [-0.2, -0.15) is 4.99 Å². The van der Waals surface area contributed by atoms with Gasteiger partial charge in [0.15, 0.2) is 15.0 Å². The Hall–Kier alpha value is -2.12. The second kappa shape index (κ2) is 9.17. The number of hydrogen-bond acceptors (Lipinski definition) is 4. The number of amidine groups is 1. The van der Waals surface area contributed by atoms with Crippen LogP contribution in [0.15, 0.2) is 53.5 Å². The normalized spacial score (nSPS) is 23.3. The molecule has 0 bridgehead atoms. The van der Waals surface area contributed by atoms with Gasteiger partial charge in [-0.1, -0.05) is 74.1 Å². The molecule has 2 aromatic rings. The van der Waals surface area contributed by atoms with E-state index in [0.717, 1.165) is 35.2 Å². The highest BCUT2D eigenvalue weighted by molar-refractivity contribution is 8.16. The number of benzene rings is 2. The molecule has 0 aromatic heterocycles. The molecule has 1 amide bonds. The number of anilines is 1. The molecular formula is C24H28N2O3S2. The molecular weight excluding hydrogens is 428 g/mol. The summed E-state index contributed by atoms with van der Waals surface area (Å²) in [6.07, 6.45) is 2.66. The molecule has 0 aliphatic carbocycles. The lowest BCUT2D eigenvalue weighted by Crippen LogP contribution is -2.39. The second-order valence-corrected chi connectivity index (χ2v) is 11.4. The van der Waals surface area contributed by atoms with E-state index in [1.54, 1.807) is 0 Å². The van der Waals surface area contributed by atoms with E-state index < -0.39 is 9.84 Å². The van der Waals surface area contributed by atoms with E-state index in [4.69, 9.17) is 0 Å². The fraction of sp³-hybridized carbons (Fsp3) is 0.417. The molecule has 164 valence electrons. The predicted octanol–water partition coefficient (Wildman–Crippen LogP) is 4.05. The van der Waals surface area contributed by atoms with E-state index in [1.807, 2.05) is 30.3 Å². The minimum absolute atomic E-state index is 0.0831. The van der Waals surface area contributed by atoms with Gasteiger partial charge in [-0.15, -0.1) is 0 Å². The van der Waals surface area contributed by atoms with Crippen LogP contribution >= 0.6 is 11.8 Å². The van der Waals surface area contributed by atoms with Crippen molar-refractivity contribution in [2.45, 2.75) is 50.8 Å². The van der Waals surface area contributed by atoms with Crippen molar-refractivity contribution in [3.8, 4) is 0 Å². The fourth-order valence-corrected chi connectivity index (χ4v) is 8.33. The number of sulfone groups is 1. The summed E-state index contributed by atoms with van der Waals surface area (Å²) >= 11 is 1.45. The summed E-state index contributed by atoms with van der Waals surface area (Å²) in [4.78, 5) is 19.3. The molecule has 5 nitrogen and oxygen atoms in total. The molecule has 31 heavy (non-hydrogen) atoms. The summed E-state index contributed by atoms with van der Waals surface area (Å²) in [5, 5.41) is 0.568. The van der Waals surface area contributed by atoms with Crippen molar-refractivity contribution >= 4 is 38.4 Å². The van der Waals surface area contributed by atoms with Crippen molar-refractivity contribution in [1.82, 2.24) is 0 Å². The Balaban J connectivity index is 1.67. The average molecular weight is 457 g/mol. The summed E-state index contributed by atoms with van der Waals surface area (Å²) in [6.45, 7) is 4.21. The van der Waals surface area contributed by atoms with Gasteiger partial charge in [0.05, 0.1) is 17.5 Å². The fourth-order valence-electron chi connectivity index (χ4n) is 4.41. The van der Waals surface area contributed by atoms with Gasteiger partial charge < -0.3 is 4.90 Å². The van der Waals surface area contributed by atoms with Crippen molar-refractivity contribution in [2.24, 2.45) is 4.99 Å². The number of hydrogen-bond donors (Lipinski definition) is 0. The maximum Gasteiger partial charge on any atom is 0.248 e. The third-order valence-corrected chi connectivity index (χ3v) is 9.17. The van der Waals surface area contributed by atoms with E-state index in [2.05, 4.69) is 41.9 Å². The molecule has 0 N–H and O–H groups in total. The third kappa shape index (κ3) is 4.72. The van der Waals surface area contributed by atoms with Gasteiger partial charge in [0.25, 0.3) is 0 Å². The molecule has 0 radical (unpaired) electrons. The van der Waals surface area contributed by atoms with Crippen molar-refractivity contribution in [3.63, 3.8) is 0 Å². The molecule has 2 fully saturated rings. The van der Waals surface area contributed by atoms with E-state index in [0.29, 0.717) is 18.0 Å². The van der Waals surface area contributed by atoms with E-state index in [1.165, 1.54) is 11.8 Å². The Kier molecular flexibility index (Phi) is 6.53. The van der Waals surface area contributed by atoms with Gasteiger partial charge in [-0.05, 0) is 36.0 Å². The summed E-state index contributed by atoms with van der Waals surface area (Å²) in [7, 11) is -3.09. The minimum atomic E-state index is -3.09. The molecule has 2 heterocycles. The van der Waals surface area contributed by atoms with Crippen LogP contribution in [0, 0.1) is 0 Å². The highest BCUT2D eigenvalue weighted by atomic mass is 32.2. The molecule has 2 saturated heterocycles. The first-order valence-corrected chi connectivity index (χ1v) is 13.5. The van der Waals surface area contributed by atoms with Crippen LogP contribution in [0.1, 0.15) is 37.0 Å². The topological polar surface area (TPSA) is 66.8 Å². The molecule has 0 saturated carbocycles. The van der Waals surface area contributed by atoms with Crippen LogP contribution in [0.3, 0.4) is 0 Å². The summed E-state index contributed by atoms with van der Waals surface area (Å²) in [6, 6.07) is 16.0. The van der Waals surface area contributed by atoms with Crippen molar-refractivity contribution in [3.05, 3.63) is 65.2 Å². The van der Waals surface area contributed by atoms with Crippen LogP contribution in [0.25, 0.3) is 0 Å². The van der Waals surface area contributed by atoms with Gasteiger partial charge in [0.1, 0.15) is 0 Å². The van der Waals surface area contributed by atoms with Crippen molar-refractivity contribution < 1.29 is 13.2 Å². The van der Waals surface area contributed by atoms with Crippen molar-refractivity contribution in [1.29, 1.82) is 0 Å². The smallest absolute Gasteiger partial charge is 0.248 e. The predicted molar refractivity (Wildman–Crippen MR) is 129 cm³/mol. The Bertz CT molecular complexity index is 1070. The number of para-hydroxylation sites is 1. The average Bonchev–Trinajstić information content (AvgIpc) is 3.22. The number of nitrogens with zero attached hydrogens (tertiary/aromatic N) is 2. The van der Waals surface area contributed by atoms with E-state index in [-0.39, 0.29) is 28.7 Å². The van der Waals surface area contributed by atoms with Crippen LogP contribution in [-0.4, -0.2) is 42.3 Å². The summed E-state index contributed by atoms with van der Waals surface area (Å²) in [5.74, 6) is 0.0979. The molecule has 2 aliphatic heterocycles. The lowest BCUT2D eigenvalue weighted by Gasteiger charge is -2.29. The summed E-state index contributed by atoms with van der Waals surface area (Å²) < 4.78 is 24.7. The first kappa shape index (κ1) is 22.1. The monoisotopic (exact) mass is 456 g/mol. The maximum atomic E-state index is 12.8. The Labute approximate surface area is 188 Å². The largest absolute Gasteiger partial charge is 0.315 e. The number of fused-ring (bicyclic) bond motifs is 1. The van der Waals surface area contributed by atoms with Gasteiger partial charge in [0.2, 0.25) is 5.91 Å². The Morgan fingerprint density at radius 2 is 1.71 bits per heavy atom. The number of aliphatic imine (C=N–C) groups is 1. The second-order valence-electron chi connectivity index (χ2n) is 8.08. The zero-order valence-electron chi connectivity index (χ0n) is 18.0. The van der Waals surface area contributed by atoms with Gasteiger partial charge >= 0.3 is 0 Å². The van der Waals surface area contributed by atoms with Crippen LogP contribution in [0.5, 0.6) is 0 Å². The SMILES string of the molecule is CCc1cccc(CC)c1N1C(=NC(=O)CCc2ccccc2)S[C@H]2CS(=O)(=O)C[C@@H]21. The third-order valence-electron chi connectivity index (χ3n) is 5.96. The van der Waals surface area contributed by atoms with Gasteiger partial charge in [0, 0.05) is 17.4 Å². The molecule has 0 unspecified atom stereocenters. The first-order valence-electron chi connectivity index (χ1n) is 10.8. The number of amides is 1. The molecule has 2 atom stereocenters. The quantitative estimate of drug-likeness (QED) is 0.656. The lowest BCUT2D eigenvalue weighted by atomic mass is 10.0. The van der Waals surface area contributed by atoms with Crippen LogP contribution in [0.4, 0.5) is 5.69 Å². The standard InChI is InChI=1S/C24H28N2O3S2/c1-3-18-11-8-12-19(4-2)23(18)26-20-15-31(28,29)16-21(20)30-24(26)25-22(27)14-13-17-9-6-5-7-10-17/h5-12,20-21H,3-4,13-16H2,1-2H3/t20-,21-/m0/s1. The van der Waals surface area contributed by atoms with Crippen LogP contribution in [0.2, 0.25) is 0 Å². The Morgan fingerprint density at radius 1 is 1.03 bits per heavy atom. The van der Waals surface area contributed by atoms with Gasteiger partial charge in [-0.25, -0.2) is 8.42 Å². The minimum Gasteiger partial charge on any atom is -0.315 e. The zero-order chi connectivity index (χ0) is 22.0. The van der Waals surface area contributed by atoms with Gasteiger partial charge in [-0.3, -0.25) is 4.79 Å². The lowest BCUT2D eigenvalue weighted by molar-refractivity contribution is -0.117. The number of thioether (sulfide) groups is 1. The highest BCUT2D eigenvalue weighted by Gasteiger charge is 2.50. The zero-order valence-corrected chi connectivity index (χ0v) is 19.6. The highest BCUT2D eigenvalue weighted by Crippen LogP contribution is 2.43. The van der Waals surface area contributed by atoms with E-state index >= 15 is 0 Å². The van der Waals surface area contributed by atoms with Crippen LogP contribution < -0.4 is 4.90 Å². The maximum absolute atomic E-state index is 12.8. The van der Waals surface area contributed by atoms with Crippen molar-refractivity contribution in [2.75, 3.05) is 16.4 Å². The van der Waals surface area contributed by atoms with Crippen LogP contribution in [-0.2, 0) is 33.9 Å². The number of rotatable bonds is 6. The molecule has 7 heteroatoms. The molecule has 2 aliphatic rings. The number of aryl methyl sites for hydroxylation is 3. The molecule has 0 spiro atoms. The van der Waals surface area contributed by atoms with E-state index in [9.17, 15) is 13.2 Å². The molecule has 2 aromatic carbocycles. The molecule has 4 rings (SSSR count).